The average molecular weight is 160 g/mol. The van der Waals surface area contributed by atoms with E-state index in [0.717, 1.165) is 25.9 Å². The highest BCUT2D eigenvalue weighted by Gasteiger charge is 2.11. The van der Waals surface area contributed by atoms with Crippen LogP contribution in [0.1, 0.15) is 19.3 Å². The van der Waals surface area contributed by atoms with Crippen LogP contribution in [0.3, 0.4) is 0 Å². The summed E-state index contributed by atoms with van der Waals surface area (Å²) in [6.07, 6.45) is 3.39. The van der Waals surface area contributed by atoms with Crippen LogP contribution in [0.5, 0.6) is 0 Å². The molecule has 0 aliphatic heterocycles. The lowest BCUT2D eigenvalue weighted by Gasteiger charge is -2.17. The number of hydrogen-bond acceptors (Lipinski definition) is 3. The Hall–Kier alpha value is -0.120. The standard InChI is InChI=1S/C4H12N2.C4H8O/c1-5-3-4-6-2;5-4-2-1-3-4/h5-6H,3-4H2,1-2H3;4-5H,1-3H2. The van der Waals surface area contributed by atoms with Crippen molar-refractivity contribution in [3.63, 3.8) is 0 Å². The summed E-state index contributed by atoms with van der Waals surface area (Å²) in [4.78, 5) is 0. The topological polar surface area (TPSA) is 44.3 Å². The predicted octanol–water partition coefficient (Wildman–Crippen LogP) is -0.0436. The van der Waals surface area contributed by atoms with Crippen molar-refractivity contribution in [1.29, 1.82) is 0 Å². The van der Waals surface area contributed by atoms with E-state index in [4.69, 9.17) is 5.11 Å². The van der Waals surface area contributed by atoms with Gasteiger partial charge in [0.15, 0.2) is 0 Å². The molecule has 3 N–H and O–H groups in total. The maximum Gasteiger partial charge on any atom is 0.0540 e. The van der Waals surface area contributed by atoms with Crippen LogP contribution in [-0.4, -0.2) is 38.4 Å². The van der Waals surface area contributed by atoms with Crippen LogP contribution in [0.15, 0.2) is 0 Å². The van der Waals surface area contributed by atoms with E-state index >= 15 is 0 Å². The van der Waals surface area contributed by atoms with E-state index in [1.807, 2.05) is 14.1 Å². The summed E-state index contributed by atoms with van der Waals surface area (Å²) in [6, 6.07) is 0. The first-order valence-electron chi connectivity index (χ1n) is 4.28. The van der Waals surface area contributed by atoms with Crippen molar-refractivity contribution in [1.82, 2.24) is 10.6 Å². The van der Waals surface area contributed by atoms with Crippen LogP contribution in [-0.2, 0) is 0 Å². The zero-order chi connectivity index (χ0) is 8.53. The van der Waals surface area contributed by atoms with Crippen LogP contribution in [0, 0.1) is 0 Å². The molecule has 0 amide bonds. The Labute approximate surface area is 69.2 Å². The Balaban J connectivity index is 0.000000183. The number of rotatable bonds is 3. The molecule has 0 aromatic carbocycles. The van der Waals surface area contributed by atoms with E-state index in [1.165, 1.54) is 6.42 Å². The summed E-state index contributed by atoms with van der Waals surface area (Å²) in [7, 11) is 3.88. The molecule has 0 atom stereocenters. The van der Waals surface area contributed by atoms with Gasteiger partial charge in [0.2, 0.25) is 0 Å². The molecule has 1 rings (SSSR count). The first-order chi connectivity index (χ1) is 5.31. The molecule has 0 bridgehead atoms. The van der Waals surface area contributed by atoms with Gasteiger partial charge in [-0.05, 0) is 33.4 Å². The van der Waals surface area contributed by atoms with E-state index in [0.29, 0.717) is 0 Å². The van der Waals surface area contributed by atoms with Gasteiger partial charge in [-0.15, -0.1) is 0 Å². The normalized spacial score (nSPS) is 16.6. The zero-order valence-electron chi connectivity index (χ0n) is 7.56. The van der Waals surface area contributed by atoms with Crippen molar-refractivity contribution in [3.05, 3.63) is 0 Å². The van der Waals surface area contributed by atoms with Gasteiger partial charge in [-0.1, -0.05) is 0 Å². The van der Waals surface area contributed by atoms with Gasteiger partial charge in [0.05, 0.1) is 6.10 Å². The van der Waals surface area contributed by atoms with Crippen molar-refractivity contribution in [2.45, 2.75) is 25.4 Å². The number of aliphatic hydroxyl groups is 1. The summed E-state index contributed by atoms with van der Waals surface area (Å²) in [5.74, 6) is 0. The minimum Gasteiger partial charge on any atom is -0.393 e. The molecule has 1 fully saturated rings. The number of hydrogen-bond donors (Lipinski definition) is 3. The molecule has 0 radical (unpaired) electrons. The van der Waals surface area contributed by atoms with Crippen molar-refractivity contribution < 1.29 is 5.11 Å². The highest BCUT2D eigenvalue weighted by atomic mass is 16.3. The molecular weight excluding hydrogens is 140 g/mol. The molecule has 1 aliphatic carbocycles. The van der Waals surface area contributed by atoms with Gasteiger partial charge in [-0.25, -0.2) is 0 Å². The zero-order valence-corrected chi connectivity index (χ0v) is 7.56. The number of nitrogens with one attached hydrogen (secondary N) is 2. The molecular formula is C8H20N2O. The van der Waals surface area contributed by atoms with Crippen LogP contribution < -0.4 is 10.6 Å². The molecule has 0 aromatic heterocycles. The fraction of sp³-hybridized carbons (Fsp3) is 1.00. The second-order valence-corrected chi connectivity index (χ2v) is 2.79. The Morgan fingerprint density at radius 3 is 1.64 bits per heavy atom. The second kappa shape index (κ2) is 7.98. The lowest BCUT2D eigenvalue weighted by atomic mass is 9.97. The molecule has 11 heavy (non-hydrogen) atoms. The minimum atomic E-state index is 0.0648. The maximum atomic E-state index is 8.45. The van der Waals surface area contributed by atoms with E-state index in [-0.39, 0.29) is 6.10 Å². The van der Waals surface area contributed by atoms with Crippen LogP contribution in [0.4, 0.5) is 0 Å². The lowest BCUT2D eigenvalue weighted by Crippen LogP contribution is -2.21. The largest absolute Gasteiger partial charge is 0.393 e. The Kier molecular flexibility index (Phi) is 7.89. The molecule has 68 valence electrons. The third-order valence-electron chi connectivity index (χ3n) is 1.70. The average Bonchev–Trinajstić information content (AvgIpc) is 1.98. The van der Waals surface area contributed by atoms with Crippen LogP contribution in [0.2, 0.25) is 0 Å². The molecule has 1 saturated carbocycles. The smallest absolute Gasteiger partial charge is 0.0540 e. The highest BCUT2D eigenvalue weighted by Crippen LogP contribution is 2.16. The van der Waals surface area contributed by atoms with E-state index in [9.17, 15) is 0 Å². The van der Waals surface area contributed by atoms with Crippen molar-refractivity contribution in [2.75, 3.05) is 27.2 Å². The van der Waals surface area contributed by atoms with Gasteiger partial charge < -0.3 is 15.7 Å². The van der Waals surface area contributed by atoms with Crippen molar-refractivity contribution in [2.24, 2.45) is 0 Å². The van der Waals surface area contributed by atoms with Crippen molar-refractivity contribution in [3.8, 4) is 0 Å². The molecule has 0 unspecified atom stereocenters. The second-order valence-electron chi connectivity index (χ2n) is 2.79. The molecule has 0 spiro atoms. The summed E-state index contributed by atoms with van der Waals surface area (Å²) in [6.45, 7) is 2.10. The molecule has 1 aliphatic rings. The van der Waals surface area contributed by atoms with Gasteiger partial charge >= 0.3 is 0 Å². The maximum absolute atomic E-state index is 8.45. The third kappa shape index (κ3) is 7.78. The van der Waals surface area contributed by atoms with E-state index in [2.05, 4.69) is 10.6 Å². The Bertz CT molecular complexity index is 70.5. The van der Waals surface area contributed by atoms with Gasteiger partial charge in [0, 0.05) is 13.1 Å². The summed E-state index contributed by atoms with van der Waals surface area (Å²) < 4.78 is 0. The summed E-state index contributed by atoms with van der Waals surface area (Å²) in [5, 5.41) is 14.5. The minimum absolute atomic E-state index is 0.0648. The highest BCUT2D eigenvalue weighted by molar-refractivity contribution is 4.65. The summed E-state index contributed by atoms with van der Waals surface area (Å²) >= 11 is 0. The van der Waals surface area contributed by atoms with Crippen LogP contribution in [0.25, 0.3) is 0 Å². The number of aliphatic hydroxyl groups excluding tert-OH is 1. The first kappa shape index (κ1) is 10.9. The van der Waals surface area contributed by atoms with Gasteiger partial charge in [-0.3, -0.25) is 0 Å². The quantitative estimate of drug-likeness (QED) is 0.507. The van der Waals surface area contributed by atoms with Gasteiger partial charge in [0.1, 0.15) is 0 Å². The fourth-order valence-electron chi connectivity index (χ4n) is 0.637. The Morgan fingerprint density at radius 1 is 1.18 bits per heavy atom. The molecule has 0 saturated heterocycles. The first-order valence-corrected chi connectivity index (χ1v) is 4.28. The van der Waals surface area contributed by atoms with Crippen LogP contribution >= 0.6 is 0 Å². The SMILES string of the molecule is CNCCNC.OC1CCC1. The summed E-state index contributed by atoms with van der Waals surface area (Å²) in [5.41, 5.74) is 0. The molecule has 0 heterocycles. The molecule has 3 nitrogen and oxygen atoms in total. The van der Waals surface area contributed by atoms with Gasteiger partial charge in [0.25, 0.3) is 0 Å². The monoisotopic (exact) mass is 160 g/mol. The van der Waals surface area contributed by atoms with E-state index < -0.39 is 0 Å². The molecule has 0 aromatic rings. The van der Waals surface area contributed by atoms with Crippen molar-refractivity contribution >= 4 is 0 Å². The van der Waals surface area contributed by atoms with E-state index in [1.54, 1.807) is 0 Å². The fourth-order valence-corrected chi connectivity index (χ4v) is 0.637. The lowest BCUT2D eigenvalue weighted by molar-refractivity contribution is 0.0950. The predicted molar refractivity (Wildman–Crippen MR) is 47.7 cm³/mol. The van der Waals surface area contributed by atoms with Gasteiger partial charge in [-0.2, -0.15) is 0 Å². The third-order valence-corrected chi connectivity index (χ3v) is 1.70. The Morgan fingerprint density at radius 2 is 1.55 bits per heavy atom. The molecule has 3 heteroatoms. The number of likely N-dealkylation sites (N-methyl/N-ethyl adjacent to an activating group) is 2.